The summed E-state index contributed by atoms with van der Waals surface area (Å²) in [5, 5.41) is 12.0. The molecule has 1 saturated carbocycles. The monoisotopic (exact) mass is 339 g/mol. The van der Waals surface area contributed by atoms with Crippen molar-refractivity contribution in [1.29, 1.82) is 0 Å². The lowest BCUT2D eigenvalue weighted by molar-refractivity contribution is -0.145. The van der Waals surface area contributed by atoms with Gasteiger partial charge in [0.15, 0.2) is 0 Å². The Labute approximate surface area is 126 Å². The van der Waals surface area contributed by atoms with Crippen molar-refractivity contribution in [2.24, 2.45) is 11.8 Å². The fourth-order valence-corrected chi connectivity index (χ4v) is 3.05. The largest absolute Gasteiger partial charge is 0.481 e. The molecule has 1 fully saturated rings. The highest BCUT2D eigenvalue weighted by atomic mass is 79.9. The normalized spacial score (nSPS) is 21.8. The predicted octanol–water partition coefficient (Wildman–Crippen LogP) is 3.51. The summed E-state index contributed by atoms with van der Waals surface area (Å²) >= 11 is 3.48. The summed E-state index contributed by atoms with van der Waals surface area (Å²) in [6.45, 7) is 3.92. The Morgan fingerprint density at radius 3 is 2.30 bits per heavy atom. The topological polar surface area (TPSA) is 66.4 Å². The molecule has 0 aromatic heterocycles. The second kappa shape index (κ2) is 5.95. The Morgan fingerprint density at radius 1 is 1.20 bits per heavy atom. The van der Waals surface area contributed by atoms with Gasteiger partial charge in [-0.3, -0.25) is 9.59 Å². The molecular formula is C15H18BrNO3. The fourth-order valence-electron chi connectivity index (χ4n) is 2.82. The van der Waals surface area contributed by atoms with E-state index in [9.17, 15) is 9.59 Å². The average Bonchev–Trinajstić information content (AvgIpc) is 2.85. The lowest BCUT2D eigenvalue weighted by Gasteiger charge is -2.16. The predicted molar refractivity (Wildman–Crippen MR) is 80.7 cm³/mol. The lowest BCUT2D eigenvalue weighted by atomic mass is 9.95. The molecule has 0 bridgehead atoms. The van der Waals surface area contributed by atoms with Gasteiger partial charge in [0.05, 0.1) is 11.8 Å². The second-order valence-electron chi connectivity index (χ2n) is 5.40. The number of carboxylic acids is 1. The first-order chi connectivity index (χ1) is 9.40. The van der Waals surface area contributed by atoms with Crippen LogP contribution in [0.5, 0.6) is 0 Å². The Kier molecular flexibility index (Phi) is 4.48. The molecule has 1 aliphatic carbocycles. The van der Waals surface area contributed by atoms with Gasteiger partial charge in [0.25, 0.3) is 0 Å². The number of halogens is 1. The number of aliphatic carboxylic acids is 1. The van der Waals surface area contributed by atoms with Crippen LogP contribution in [0.25, 0.3) is 0 Å². The highest BCUT2D eigenvalue weighted by Gasteiger charge is 2.37. The number of carboxylic acid groups (broad SMARTS) is 1. The number of carbonyl (C=O) groups excluding carboxylic acids is 1. The molecule has 0 heterocycles. The van der Waals surface area contributed by atoms with Crippen molar-refractivity contribution in [3.8, 4) is 0 Å². The van der Waals surface area contributed by atoms with Crippen LogP contribution in [0.4, 0.5) is 5.69 Å². The number of hydrogen-bond acceptors (Lipinski definition) is 2. The number of nitrogens with one attached hydrogen (secondary N) is 1. The van der Waals surface area contributed by atoms with Crippen LogP contribution in [-0.4, -0.2) is 17.0 Å². The molecule has 2 atom stereocenters. The van der Waals surface area contributed by atoms with Gasteiger partial charge in [-0.1, -0.05) is 22.4 Å². The Balaban J connectivity index is 2.14. The van der Waals surface area contributed by atoms with E-state index in [1.807, 2.05) is 26.0 Å². The maximum Gasteiger partial charge on any atom is 0.307 e. The van der Waals surface area contributed by atoms with Gasteiger partial charge >= 0.3 is 5.97 Å². The lowest BCUT2D eigenvalue weighted by Crippen LogP contribution is -2.30. The Hall–Kier alpha value is -1.36. The van der Waals surface area contributed by atoms with Crippen molar-refractivity contribution in [3.05, 3.63) is 27.7 Å². The molecule has 0 aliphatic heterocycles. The van der Waals surface area contributed by atoms with Crippen LogP contribution in [0.3, 0.4) is 0 Å². The van der Waals surface area contributed by atoms with Crippen molar-refractivity contribution >= 4 is 33.5 Å². The highest BCUT2D eigenvalue weighted by molar-refractivity contribution is 9.10. The summed E-state index contributed by atoms with van der Waals surface area (Å²) in [5.41, 5.74) is 2.81. The van der Waals surface area contributed by atoms with Gasteiger partial charge in [0.2, 0.25) is 5.91 Å². The van der Waals surface area contributed by atoms with E-state index in [0.29, 0.717) is 12.8 Å². The number of amides is 1. The molecule has 0 radical (unpaired) electrons. The summed E-state index contributed by atoms with van der Waals surface area (Å²) in [4.78, 5) is 23.4. The molecule has 1 aromatic rings. The van der Waals surface area contributed by atoms with Crippen molar-refractivity contribution in [2.45, 2.75) is 33.1 Å². The zero-order chi connectivity index (χ0) is 14.9. The molecule has 20 heavy (non-hydrogen) atoms. The third-order valence-corrected chi connectivity index (χ3v) is 5.12. The van der Waals surface area contributed by atoms with Crippen molar-refractivity contribution in [3.63, 3.8) is 0 Å². The summed E-state index contributed by atoms with van der Waals surface area (Å²) in [5.74, 6) is -2.02. The number of anilines is 1. The first-order valence-electron chi connectivity index (χ1n) is 6.70. The molecule has 0 unspecified atom stereocenters. The quantitative estimate of drug-likeness (QED) is 0.885. The van der Waals surface area contributed by atoms with Crippen LogP contribution in [0.1, 0.15) is 30.4 Å². The van der Waals surface area contributed by atoms with Crippen molar-refractivity contribution in [1.82, 2.24) is 0 Å². The summed E-state index contributed by atoms with van der Waals surface area (Å²) in [6, 6.07) is 3.78. The SMILES string of the molecule is Cc1cc(NC(=O)[C@@H]2CCC[C@@H]2C(=O)O)cc(C)c1Br. The van der Waals surface area contributed by atoms with Gasteiger partial charge in [-0.25, -0.2) is 0 Å². The van der Waals surface area contributed by atoms with E-state index in [0.717, 1.165) is 27.7 Å². The van der Waals surface area contributed by atoms with Crippen molar-refractivity contribution in [2.75, 3.05) is 5.32 Å². The zero-order valence-electron chi connectivity index (χ0n) is 11.6. The number of hydrogen-bond donors (Lipinski definition) is 2. The maximum absolute atomic E-state index is 12.3. The molecule has 108 valence electrons. The fraction of sp³-hybridized carbons (Fsp3) is 0.467. The molecule has 1 amide bonds. The van der Waals surface area contributed by atoms with Crippen LogP contribution >= 0.6 is 15.9 Å². The molecule has 1 aliphatic rings. The van der Waals surface area contributed by atoms with E-state index in [1.54, 1.807) is 0 Å². The van der Waals surface area contributed by atoms with Crippen LogP contribution in [0, 0.1) is 25.7 Å². The van der Waals surface area contributed by atoms with Gasteiger partial charge in [-0.15, -0.1) is 0 Å². The van der Waals surface area contributed by atoms with Crippen LogP contribution < -0.4 is 5.32 Å². The third-order valence-electron chi connectivity index (χ3n) is 3.87. The van der Waals surface area contributed by atoms with E-state index in [1.165, 1.54) is 0 Å². The van der Waals surface area contributed by atoms with E-state index in [-0.39, 0.29) is 5.91 Å². The molecule has 5 heteroatoms. The summed E-state index contributed by atoms with van der Waals surface area (Å²) in [7, 11) is 0. The molecule has 0 spiro atoms. The first-order valence-corrected chi connectivity index (χ1v) is 7.50. The second-order valence-corrected chi connectivity index (χ2v) is 6.19. The number of carbonyl (C=O) groups is 2. The van der Waals surface area contributed by atoms with Gasteiger partial charge in [0, 0.05) is 10.2 Å². The molecule has 0 saturated heterocycles. The smallest absolute Gasteiger partial charge is 0.307 e. The van der Waals surface area contributed by atoms with Crippen LogP contribution in [0.15, 0.2) is 16.6 Å². The highest BCUT2D eigenvalue weighted by Crippen LogP contribution is 2.33. The molecule has 4 nitrogen and oxygen atoms in total. The first kappa shape index (κ1) is 15.0. The molecule has 2 N–H and O–H groups in total. The molecular weight excluding hydrogens is 322 g/mol. The van der Waals surface area contributed by atoms with Gasteiger partial charge in [-0.2, -0.15) is 0 Å². The average molecular weight is 340 g/mol. The van der Waals surface area contributed by atoms with Gasteiger partial charge in [-0.05, 0) is 49.9 Å². The minimum Gasteiger partial charge on any atom is -0.481 e. The van der Waals surface area contributed by atoms with Crippen molar-refractivity contribution < 1.29 is 14.7 Å². The minimum absolute atomic E-state index is 0.184. The van der Waals surface area contributed by atoms with Gasteiger partial charge < -0.3 is 10.4 Å². The van der Waals surface area contributed by atoms with Crippen LogP contribution in [0.2, 0.25) is 0 Å². The minimum atomic E-state index is -0.870. The Morgan fingerprint density at radius 2 is 1.75 bits per heavy atom. The summed E-state index contributed by atoms with van der Waals surface area (Å²) in [6.07, 6.45) is 2.04. The number of rotatable bonds is 3. The van der Waals surface area contributed by atoms with Crippen LogP contribution in [-0.2, 0) is 9.59 Å². The molecule has 1 aromatic carbocycles. The van der Waals surface area contributed by atoms with E-state index in [4.69, 9.17) is 5.11 Å². The van der Waals surface area contributed by atoms with E-state index < -0.39 is 17.8 Å². The molecule has 2 rings (SSSR count). The van der Waals surface area contributed by atoms with E-state index >= 15 is 0 Å². The number of benzene rings is 1. The standard InChI is InChI=1S/C15H18BrNO3/c1-8-6-10(7-9(2)13(8)16)17-14(18)11-4-3-5-12(11)15(19)20/h6-7,11-12H,3-5H2,1-2H3,(H,17,18)(H,19,20)/t11-,12+/m1/s1. The number of aryl methyl sites for hydroxylation is 2. The maximum atomic E-state index is 12.3. The zero-order valence-corrected chi connectivity index (χ0v) is 13.2. The Bertz CT molecular complexity index is 533. The van der Waals surface area contributed by atoms with Gasteiger partial charge in [0.1, 0.15) is 0 Å². The van der Waals surface area contributed by atoms with E-state index in [2.05, 4.69) is 21.2 Å². The summed E-state index contributed by atoms with van der Waals surface area (Å²) < 4.78 is 1.03. The third kappa shape index (κ3) is 3.03.